The molecule has 1 heterocycles. The fourth-order valence-electron chi connectivity index (χ4n) is 3.60. The van der Waals surface area contributed by atoms with Crippen LogP contribution in [-0.4, -0.2) is 50.7 Å². The third-order valence-electron chi connectivity index (χ3n) is 4.84. The van der Waals surface area contributed by atoms with Crippen molar-refractivity contribution in [3.05, 3.63) is 29.8 Å². The molecule has 22 heavy (non-hydrogen) atoms. The summed E-state index contributed by atoms with van der Waals surface area (Å²) < 4.78 is 5.42. The normalized spacial score (nSPS) is 19.4. The number of carbonyl (C=O) groups excluding carboxylic acids is 1. The molecule has 0 bridgehead atoms. The smallest absolute Gasteiger partial charge is 0.255 e. The standard InChI is InChI=1S/C18H26N2O2/c1-19(14-15-6-2-3-7-15)18(21)16-8-4-5-9-17(16)20-10-12-22-13-11-20/h4-5,8-9,15H,2-3,6-7,10-14H2,1H3. The van der Waals surface area contributed by atoms with Crippen LogP contribution in [0, 0.1) is 5.92 Å². The summed E-state index contributed by atoms with van der Waals surface area (Å²) in [5.74, 6) is 0.832. The molecule has 3 rings (SSSR count). The molecule has 4 heteroatoms. The van der Waals surface area contributed by atoms with Gasteiger partial charge in [0.15, 0.2) is 0 Å². The summed E-state index contributed by atoms with van der Waals surface area (Å²) in [6.45, 7) is 4.07. The predicted molar refractivity (Wildman–Crippen MR) is 88.4 cm³/mol. The van der Waals surface area contributed by atoms with Crippen LogP contribution >= 0.6 is 0 Å². The fraction of sp³-hybridized carbons (Fsp3) is 0.611. The van der Waals surface area contributed by atoms with Crippen molar-refractivity contribution in [2.24, 2.45) is 5.92 Å². The van der Waals surface area contributed by atoms with Gasteiger partial charge in [-0.05, 0) is 30.9 Å². The van der Waals surface area contributed by atoms with Crippen LogP contribution in [0.15, 0.2) is 24.3 Å². The van der Waals surface area contributed by atoms with Crippen molar-refractivity contribution in [3.8, 4) is 0 Å². The SMILES string of the molecule is CN(CC1CCCC1)C(=O)c1ccccc1N1CCOCC1. The van der Waals surface area contributed by atoms with Crippen molar-refractivity contribution in [1.29, 1.82) is 0 Å². The molecule has 2 fully saturated rings. The molecular formula is C18H26N2O2. The van der Waals surface area contributed by atoms with E-state index in [1.807, 2.05) is 30.1 Å². The van der Waals surface area contributed by atoms with Crippen LogP contribution in [0.4, 0.5) is 5.69 Å². The average Bonchev–Trinajstić information content (AvgIpc) is 3.08. The number of para-hydroxylation sites is 1. The van der Waals surface area contributed by atoms with Gasteiger partial charge in [-0.1, -0.05) is 25.0 Å². The molecule has 1 amide bonds. The van der Waals surface area contributed by atoms with Gasteiger partial charge in [0.1, 0.15) is 0 Å². The second kappa shape index (κ2) is 7.14. The maximum absolute atomic E-state index is 12.9. The van der Waals surface area contributed by atoms with Crippen molar-refractivity contribution >= 4 is 11.6 Å². The predicted octanol–water partition coefficient (Wildman–Crippen LogP) is 2.79. The van der Waals surface area contributed by atoms with E-state index < -0.39 is 0 Å². The molecule has 4 nitrogen and oxygen atoms in total. The van der Waals surface area contributed by atoms with E-state index in [0.717, 1.165) is 44.1 Å². The number of benzene rings is 1. The number of nitrogens with zero attached hydrogens (tertiary/aromatic N) is 2. The van der Waals surface area contributed by atoms with Gasteiger partial charge in [0.05, 0.1) is 18.8 Å². The van der Waals surface area contributed by atoms with Crippen LogP contribution in [0.1, 0.15) is 36.0 Å². The molecule has 0 aromatic heterocycles. The van der Waals surface area contributed by atoms with Crippen molar-refractivity contribution in [2.75, 3.05) is 44.8 Å². The lowest BCUT2D eigenvalue weighted by atomic mass is 10.1. The molecule has 1 aromatic carbocycles. The zero-order valence-corrected chi connectivity index (χ0v) is 13.5. The Hall–Kier alpha value is -1.55. The number of amides is 1. The Bertz CT molecular complexity index is 506. The second-order valence-electron chi connectivity index (χ2n) is 6.45. The lowest BCUT2D eigenvalue weighted by Gasteiger charge is -2.31. The molecule has 0 spiro atoms. The number of carbonyl (C=O) groups is 1. The van der Waals surface area contributed by atoms with Crippen LogP contribution in [0.5, 0.6) is 0 Å². The molecule has 2 aliphatic rings. The third kappa shape index (κ3) is 3.43. The maximum Gasteiger partial charge on any atom is 0.255 e. The molecule has 1 saturated carbocycles. The highest BCUT2D eigenvalue weighted by molar-refractivity contribution is 5.99. The summed E-state index contributed by atoms with van der Waals surface area (Å²) in [4.78, 5) is 17.0. The van der Waals surface area contributed by atoms with E-state index in [2.05, 4.69) is 11.0 Å². The molecule has 0 atom stereocenters. The van der Waals surface area contributed by atoms with E-state index in [0.29, 0.717) is 5.92 Å². The minimum atomic E-state index is 0.147. The zero-order valence-electron chi connectivity index (χ0n) is 13.5. The van der Waals surface area contributed by atoms with Crippen molar-refractivity contribution in [3.63, 3.8) is 0 Å². The number of hydrogen-bond donors (Lipinski definition) is 0. The number of anilines is 1. The van der Waals surface area contributed by atoms with E-state index in [9.17, 15) is 4.79 Å². The van der Waals surface area contributed by atoms with E-state index in [1.54, 1.807) is 0 Å². The topological polar surface area (TPSA) is 32.8 Å². The molecule has 1 aromatic rings. The molecule has 0 N–H and O–H groups in total. The Morgan fingerprint density at radius 2 is 1.91 bits per heavy atom. The van der Waals surface area contributed by atoms with Gasteiger partial charge in [-0.15, -0.1) is 0 Å². The average molecular weight is 302 g/mol. The largest absolute Gasteiger partial charge is 0.378 e. The monoisotopic (exact) mass is 302 g/mol. The first-order valence-electron chi connectivity index (χ1n) is 8.43. The van der Waals surface area contributed by atoms with Crippen molar-refractivity contribution in [2.45, 2.75) is 25.7 Å². The fourth-order valence-corrected chi connectivity index (χ4v) is 3.60. The molecule has 1 aliphatic heterocycles. The van der Waals surface area contributed by atoms with Crippen LogP contribution < -0.4 is 4.90 Å². The Kier molecular flexibility index (Phi) is 4.98. The minimum Gasteiger partial charge on any atom is -0.378 e. The Morgan fingerprint density at radius 3 is 2.64 bits per heavy atom. The summed E-state index contributed by atoms with van der Waals surface area (Å²) in [6, 6.07) is 7.99. The highest BCUT2D eigenvalue weighted by Gasteiger charge is 2.23. The first-order chi connectivity index (χ1) is 10.8. The van der Waals surface area contributed by atoms with Crippen LogP contribution in [-0.2, 0) is 4.74 Å². The first-order valence-corrected chi connectivity index (χ1v) is 8.43. The van der Waals surface area contributed by atoms with Gasteiger partial charge < -0.3 is 14.5 Å². The quantitative estimate of drug-likeness (QED) is 0.857. The molecular weight excluding hydrogens is 276 g/mol. The Morgan fingerprint density at radius 1 is 1.23 bits per heavy atom. The lowest BCUT2D eigenvalue weighted by molar-refractivity contribution is 0.0772. The number of morpholine rings is 1. The lowest BCUT2D eigenvalue weighted by Crippen LogP contribution is -2.38. The second-order valence-corrected chi connectivity index (χ2v) is 6.45. The van der Waals surface area contributed by atoms with E-state index in [-0.39, 0.29) is 5.91 Å². The molecule has 120 valence electrons. The van der Waals surface area contributed by atoms with Gasteiger partial charge in [-0.2, -0.15) is 0 Å². The highest BCUT2D eigenvalue weighted by Crippen LogP contribution is 2.27. The number of ether oxygens (including phenoxy) is 1. The van der Waals surface area contributed by atoms with Crippen molar-refractivity contribution in [1.82, 2.24) is 4.90 Å². The zero-order chi connectivity index (χ0) is 15.4. The highest BCUT2D eigenvalue weighted by atomic mass is 16.5. The first kappa shape index (κ1) is 15.3. The molecule has 0 radical (unpaired) electrons. The summed E-state index contributed by atoms with van der Waals surface area (Å²) in [5, 5.41) is 0. The van der Waals surface area contributed by atoms with Gasteiger partial charge in [-0.25, -0.2) is 0 Å². The Balaban J connectivity index is 1.73. The maximum atomic E-state index is 12.9. The molecule has 1 aliphatic carbocycles. The van der Waals surface area contributed by atoms with Gasteiger partial charge >= 0.3 is 0 Å². The molecule has 1 saturated heterocycles. The van der Waals surface area contributed by atoms with Gasteiger partial charge in [0, 0.05) is 32.4 Å². The van der Waals surface area contributed by atoms with Gasteiger partial charge in [0.25, 0.3) is 5.91 Å². The van der Waals surface area contributed by atoms with Crippen molar-refractivity contribution < 1.29 is 9.53 Å². The summed E-state index contributed by atoms with van der Waals surface area (Å²) in [5.41, 5.74) is 1.87. The molecule has 0 unspecified atom stereocenters. The van der Waals surface area contributed by atoms with Gasteiger partial charge in [-0.3, -0.25) is 4.79 Å². The summed E-state index contributed by atoms with van der Waals surface area (Å²) in [6.07, 6.45) is 5.17. The van der Waals surface area contributed by atoms with E-state index in [4.69, 9.17) is 4.74 Å². The number of hydrogen-bond acceptors (Lipinski definition) is 3. The Labute approximate surface area is 133 Å². The summed E-state index contributed by atoms with van der Waals surface area (Å²) in [7, 11) is 1.94. The minimum absolute atomic E-state index is 0.147. The van der Waals surface area contributed by atoms with E-state index >= 15 is 0 Å². The van der Waals surface area contributed by atoms with Crippen LogP contribution in [0.2, 0.25) is 0 Å². The van der Waals surface area contributed by atoms with Crippen LogP contribution in [0.3, 0.4) is 0 Å². The van der Waals surface area contributed by atoms with E-state index in [1.165, 1.54) is 25.7 Å². The van der Waals surface area contributed by atoms with Gasteiger partial charge in [0.2, 0.25) is 0 Å². The number of rotatable bonds is 4. The van der Waals surface area contributed by atoms with Crippen LogP contribution in [0.25, 0.3) is 0 Å². The summed E-state index contributed by atoms with van der Waals surface area (Å²) >= 11 is 0. The third-order valence-corrected chi connectivity index (χ3v) is 4.84.